The lowest BCUT2D eigenvalue weighted by Gasteiger charge is -2.38. The van der Waals surface area contributed by atoms with Crippen LogP contribution in [0.15, 0.2) is 18.2 Å². The topological polar surface area (TPSA) is 32.3 Å². The van der Waals surface area contributed by atoms with Crippen molar-refractivity contribution in [2.24, 2.45) is 5.92 Å². The molecule has 0 radical (unpaired) electrons. The number of aryl methyl sites for hydroxylation is 1. The third kappa shape index (κ3) is 2.75. The van der Waals surface area contributed by atoms with E-state index in [4.69, 9.17) is 0 Å². The Labute approximate surface area is 116 Å². The first-order valence-electron chi connectivity index (χ1n) is 7.14. The zero-order valence-electron chi connectivity index (χ0n) is 12.4. The monoisotopic (exact) mass is 260 g/mol. The van der Waals surface area contributed by atoms with Crippen LogP contribution >= 0.6 is 0 Å². The number of nitrogens with zero attached hydrogens (tertiary/aromatic N) is 1. The lowest BCUT2D eigenvalue weighted by atomic mass is 9.91. The summed E-state index contributed by atoms with van der Waals surface area (Å²) in [4.78, 5) is 14.7. The summed E-state index contributed by atoms with van der Waals surface area (Å²) in [5.41, 5.74) is 2.93. The van der Waals surface area contributed by atoms with Crippen LogP contribution in [0, 0.1) is 12.8 Å². The summed E-state index contributed by atoms with van der Waals surface area (Å²) in [6.07, 6.45) is 2.34. The van der Waals surface area contributed by atoms with Crippen molar-refractivity contribution in [3.63, 3.8) is 0 Å². The number of rotatable bonds is 2. The molecule has 2 atom stereocenters. The van der Waals surface area contributed by atoms with E-state index >= 15 is 0 Å². The molecular formula is C16H24N2O. The van der Waals surface area contributed by atoms with E-state index < -0.39 is 0 Å². The van der Waals surface area contributed by atoms with E-state index in [-0.39, 0.29) is 5.91 Å². The number of anilines is 1. The van der Waals surface area contributed by atoms with Crippen molar-refractivity contribution >= 4 is 11.6 Å². The van der Waals surface area contributed by atoms with Gasteiger partial charge < -0.3 is 10.2 Å². The molecule has 2 unspecified atom stereocenters. The van der Waals surface area contributed by atoms with Crippen molar-refractivity contribution in [2.75, 3.05) is 18.9 Å². The van der Waals surface area contributed by atoms with Gasteiger partial charge in [-0.25, -0.2) is 0 Å². The molecule has 1 aliphatic heterocycles. The van der Waals surface area contributed by atoms with E-state index in [2.05, 4.69) is 19.2 Å². The van der Waals surface area contributed by atoms with Gasteiger partial charge in [0.25, 0.3) is 5.91 Å². The fourth-order valence-corrected chi connectivity index (χ4v) is 2.84. The van der Waals surface area contributed by atoms with Crippen LogP contribution in [0.4, 0.5) is 5.69 Å². The van der Waals surface area contributed by atoms with Crippen LogP contribution < -0.4 is 5.32 Å². The summed E-state index contributed by atoms with van der Waals surface area (Å²) in [7, 11) is 1.89. The lowest BCUT2D eigenvalue weighted by molar-refractivity contribution is 0.0550. The van der Waals surface area contributed by atoms with Crippen LogP contribution in [0.2, 0.25) is 0 Å². The molecule has 1 saturated heterocycles. The van der Waals surface area contributed by atoms with Crippen molar-refractivity contribution in [1.82, 2.24) is 4.90 Å². The first kappa shape index (κ1) is 13.9. The number of hydrogen-bond donors (Lipinski definition) is 1. The summed E-state index contributed by atoms with van der Waals surface area (Å²) in [5.74, 6) is 0.772. The summed E-state index contributed by atoms with van der Waals surface area (Å²) >= 11 is 0. The highest BCUT2D eigenvalue weighted by Crippen LogP contribution is 2.26. The van der Waals surface area contributed by atoms with Crippen molar-refractivity contribution in [2.45, 2.75) is 39.7 Å². The standard InChI is InChI=1S/C16H24N2O/c1-11-6-5-9-18(13(11)3)16(19)15-8-7-14(17-4)10-12(15)2/h7-8,10-11,13,17H,5-6,9H2,1-4H3. The summed E-state index contributed by atoms with van der Waals surface area (Å²) in [6, 6.07) is 6.28. The molecule has 19 heavy (non-hydrogen) atoms. The van der Waals surface area contributed by atoms with Crippen molar-refractivity contribution in [1.29, 1.82) is 0 Å². The van der Waals surface area contributed by atoms with E-state index in [0.717, 1.165) is 29.8 Å². The third-order valence-electron chi connectivity index (χ3n) is 4.38. The van der Waals surface area contributed by atoms with E-state index in [1.54, 1.807) is 0 Å². The smallest absolute Gasteiger partial charge is 0.254 e. The summed E-state index contributed by atoms with van der Waals surface area (Å²) < 4.78 is 0. The molecule has 1 fully saturated rings. The molecule has 1 N–H and O–H groups in total. The Morgan fingerprint density at radius 3 is 2.74 bits per heavy atom. The zero-order valence-corrected chi connectivity index (χ0v) is 12.4. The van der Waals surface area contributed by atoms with Gasteiger partial charge in [-0.3, -0.25) is 4.79 Å². The van der Waals surface area contributed by atoms with Crippen LogP contribution in [0.25, 0.3) is 0 Å². The van der Waals surface area contributed by atoms with Gasteiger partial charge in [-0.1, -0.05) is 6.92 Å². The molecule has 3 nitrogen and oxygen atoms in total. The fraction of sp³-hybridized carbons (Fsp3) is 0.562. The Hall–Kier alpha value is -1.51. The number of benzene rings is 1. The predicted molar refractivity (Wildman–Crippen MR) is 79.6 cm³/mol. The van der Waals surface area contributed by atoms with Gasteiger partial charge >= 0.3 is 0 Å². The van der Waals surface area contributed by atoms with Gasteiger partial charge in [0.2, 0.25) is 0 Å². The van der Waals surface area contributed by atoms with Gasteiger partial charge in [-0.05, 0) is 56.4 Å². The maximum atomic E-state index is 12.7. The number of likely N-dealkylation sites (tertiary alicyclic amines) is 1. The van der Waals surface area contributed by atoms with Gasteiger partial charge in [0, 0.05) is 30.9 Å². The molecule has 1 heterocycles. The molecule has 1 amide bonds. The number of carbonyl (C=O) groups excluding carboxylic acids is 1. The van der Waals surface area contributed by atoms with Crippen LogP contribution in [0.3, 0.4) is 0 Å². The minimum atomic E-state index is 0.180. The highest BCUT2D eigenvalue weighted by atomic mass is 16.2. The molecule has 0 aliphatic carbocycles. The molecule has 0 bridgehead atoms. The minimum absolute atomic E-state index is 0.180. The van der Waals surface area contributed by atoms with E-state index in [0.29, 0.717) is 12.0 Å². The quantitative estimate of drug-likeness (QED) is 0.885. The van der Waals surface area contributed by atoms with E-state index in [1.165, 1.54) is 6.42 Å². The maximum Gasteiger partial charge on any atom is 0.254 e. The molecule has 1 aromatic carbocycles. The highest BCUT2D eigenvalue weighted by molar-refractivity contribution is 5.96. The van der Waals surface area contributed by atoms with Gasteiger partial charge in [0.15, 0.2) is 0 Å². The van der Waals surface area contributed by atoms with Crippen LogP contribution in [0.1, 0.15) is 42.6 Å². The Kier molecular flexibility index (Phi) is 4.13. The number of piperidine rings is 1. The Bertz CT molecular complexity index is 470. The second-order valence-corrected chi connectivity index (χ2v) is 5.64. The van der Waals surface area contributed by atoms with Crippen molar-refractivity contribution < 1.29 is 4.79 Å². The molecule has 0 saturated carbocycles. The van der Waals surface area contributed by atoms with Crippen molar-refractivity contribution in [3.05, 3.63) is 29.3 Å². The average Bonchev–Trinajstić information content (AvgIpc) is 2.41. The summed E-state index contributed by atoms with van der Waals surface area (Å²) in [5, 5.41) is 3.10. The molecule has 0 aromatic heterocycles. The summed E-state index contributed by atoms with van der Waals surface area (Å²) in [6.45, 7) is 7.30. The predicted octanol–water partition coefficient (Wildman–Crippen LogP) is 3.30. The first-order chi connectivity index (χ1) is 9.04. The van der Waals surface area contributed by atoms with Gasteiger partial charge in [-0.2, -0.15) is 0 Å². The number of hydrogen-bond acceptors (Lipinski definition) is 2. The van der Waals surface area contributed by atoms with Gasteiger partial charge in [0.1, 0.15) is 0 Å². The minimum Gasteiger partial charge on any atom is -0.388 e. The fourth-order valence-electron chi connectivity index (χ4n) is 2.84. The zero-order chi connectivity index (χ0) is 14.0. The second kappa shape index (κ2) is 5.64. The molecular weight excluding hydrogens is 236 g/mol. The SMILES string of the molecule is CNc1ccc(C(=O)N2CCCC(C)C2C)c(C)c1. The van der Waals surface area contributed by atoms with Crippen LogP contribution in [0.5, 0.6) is 0 Å². The van der Waals surface area contributed by atoms with Gasteiger partial charge in [-0.15, -0.1) is 0 Å². The molecule has 3 heteroatoms. The van der Waals surface area contributed by atoms with Crippen molar-refractivity contribution in [3.8, 4) is 0 Å². The third-order valence-corrected chi connectivity index (χ3v) is 4.38. The van der Waals surface area contributed by atoms with E-state index in [9.17, 15) is 4.79 Å². The molecule has 104 valence electrons. The Balaban J connectivity index is 2.24. The number of carbonyl (C=O) groups is 1. The number of nitrogens with one attached hydrogen (secondary N) is 1. The Morgan fingerprint density at radius 2 is 2.11 bits per heavy atom. The average molecular weight is 260 g/mol. The van der Waals surface area contributed by atoms with Crippen LogP contribution in [-0.2, 0) is 0 Å². The van der Waals surface area contributed by atoms with Gasteiger partial charge in [0.05, 0.1) is 0 Å². The van der Waals surface area contributed by atoms with Crippen LogP contribution in [-0.4, -0.2) is 30.4 Å². The molecule has 1 aliphatic rings. The van der Waals surface area contributed by atoms with E-state index in [1.807, 2.05) is 37.1 Å². The normalized spacial score (nSPS) is 23.3. The molecule has 2 rings (SSSR count). The Morgan fingerprint density at radius 1 is 1.37 bits per heavy atom. The molecule has 1 aromatic rings. The highest BCUT2D eigenvalue weighted by Gasteiger charge is 2.29. The lowest BCUT2D eigenvalue weighted by Crippen LogP contribution is -2.46. The number of amides is 1. The first-order valence-corrected chi connectivity index (χ1v) is 7.14. The largest absolute Gasteiger partial charge is 0.388 e. The second-order valence-electron chi connectivity index (χ2n) is 5.64. The maximum absolute atomic E-state index is 12.7. The molecule has 0 spiro atoms.